The molecule has 0 atom stereocenters. The average molecular weight is 491 g/mol. The number of carbonyl (C=O) groups excluding carboxylic acids is 1. The van der Waals surface area contributed by atoms with Crippen molar-refractivity contribution in [1.29, 1.82) is 0 Å². The number of hydrogen-bond acceptors (Lipinski definition) is 7. The van der Waals surface area contributed by atoms with Crippen LogP contribution in [0.3, 0.4) is 0 Å². The lowest BCUT2D eigenvalue weighted by Gasteiger charge is -2.13. The molecule has 3 N–H and O–H groups in total. The monoisotopic (exact) mass is 490 g/mol. The molecule has 0 aliphatic heterocycles. The molecule has 0 spiro atoms. The van der Waals surface area contributed by atoms with E-state index in [-0.39, 0.29) is 5.91 Å². The molecule has 3 aromatic rings. The predicted octanol–water partition coefficient (Wildman–Crippen LogP) is 5.13. The van der Waals surface area contributed by atoms with E-state index in [4.69, 9.17) is 29.4 Å². The molecular formula is C28H30N2O6. The summed E-state index contributed by atoms with van der Waals surface area (Å²) in [6, 6.07) is 14.5. The number of methoxy groups -OCH3 is 5. The molecule has 8 heteroatoms. The third kappa shape index (κ3) is 6.29. The summed E-state index contributed by atoms with van der Waals surface area (Å²) in [6.07, 6.45) is 6.94. The van der Waals surface area contributed by atoms with Gasteiger partial charge in [-0.1, -0.05) is 24.3 Å². The summed E-state index contributed by atoms with van der Waals surface area (Å²) in [5, 5.41) is 2.83. The van der Waals surface area contributed by atoms with Gasteiger partial charge in [-0.15, -0.1) is 0 Å². The maximum atomic E-state index is 12.5. The van der Waals surface area contributed by atoms with Crippen molar-refractivity contribution in [2.24, 2.45) is 0 Å². The first-order valence-corrected chi connectivity index (χ1v) is 11.0. The molecule has 0 heterocycles. The van der Waals surface area contributed by atoms with Gasteiger partial charge in [0, 0.05) is 6.08 Å². The van der Waals surface area contributed by atoms with E-state index in [1.165, 1.54) is 6.08 Å². The van der Waals surface area contributed by atoms with E-state index >= 15 is 0 Å². The van der Waals surface area contributed by atoms with Gasteiger partial charge < -0.3 is 34.7 Å². The summed E-state index contributed by atoms with van der Waals surface area (Å²) in [6.45, 7) is 0. The summed E-state index contributed by atoms with van der Waals surface area (Å²) in [4.78, 5) is 12.5. The highest BCUT2D eigenvalue weighted by atomic mass is 16.5. The molecule has 0 aliphatic rings. The fourth-order valence-electron chi connectivity index (χ4n) is 3.51. The Bertz CT molecular complexity index is 1260. The lowest BCUT2D eigenvalue weighted by Crippen LogP contribution is -2.09. The molecule has 0 unspecified atom stereocenters. The molecule has 188 valence electrons. The Hall–Kier alpha value is -4.59. The molecule has 0 radical (unpaired) electrons. The Morgan fingerprint density at radius 2 is 1.22 bits per heavy atom. The van der Waals surface area contributed by atoms with Crippen LogP contribution in [0.15, 0.2) is 54.6 Å². The van der Waals surface area contributed by atoms with E-state index in [1.54, 1.807) is 59.8 Å². The summed E-state index contributed by atoms with van der Waals surface area (Å²) >= 11 is 0. The molecule has 0 saturated carbocycles. The number of nitrogen functional groups attached to an aromatic ring is 1. The molecule has 3 aromatic carbocycles. The summed E-state index contributed by atoms with van der Waals surface area (Å²) in [5.41, 5.74) is 9.49. The lowest BCUT2D eigenvalue weighted by atomic mass is 10.1. The molecule has 0 bridgehead atoms. The number of amides is 1. The average Bonchev–Trinajstić information content (AvgIpc) is 2.90. The van der Waals surface area contributed by atoms with Crippen LogP contribution in [0.5, 0.6) is 28.7 Å². The third-order valence-electron chi connectivity index (χ3n) is 5.32. The second-order valence-corrected chi connectivity index (χ2v) is 7.58. The zero-order chi connectivity index (χ0) is 26.1. The van der Waals surface area contributed by atoms with Gasteiger partial charge in [-0.25, -0.2) is 0 Å². The first kappa shape index (κ1) is 26.0. The maximum Gasteiger partial charge on any atom is 0.248 e. The van der Waals surface area contributed by atoms with E-state index < -0.39 is 0 Å². The highest BCUT2D eigenvalue weighted by Crippen LogP contribution is 2.38. The van der Waals surface area contributed by atoms with Crippen LogP contribution in [0, 0.1) is 0 Å². The topological polar surface area (TPSA) is 101 Å². The first-order chi connectivity index (χ1) is 17.4. The Morgan fingerprint density at radius 3 is 1.81 bits per heavy atom. The third-order valence-corrected chi connectivity index (χ3v) is 5.32. The van der Waals surface area contributed by atoms with Crippen molar-refractivity contribution in [2.75, 3.05) is 46.6 Å². The molecule has 0 aliphatic carbocycles. The van der Waals surface area contributed by atoms with Gasteiger partial charge in [-0.3, -0.25) is 4.79 Å². The predicted molar refractivity (Wildman–Crippen MR) is 143 cm³/mol. The maximum absolute atomic E-state index is 12.5. The van der Waals surface area contributed by atoms with Gasteiger partial charge in [0.15, 0.2) is 11.5 Å². The van der Waals surface area contributed by atoms with Crippen LogP contribution in [0.2, 0.25) is 0 Å². The normalized spacial score (nSPS) is 10.9. The zero-order valence-corrected chi connectivity index (χ0v) is 21.0. The van der Waals surface area contributed by atoms with Gasteiger partial charge >= 0.3 is 0 Å². The number of nitrogens with two attached hydrogens (primary N) is 1. The number of benzene rings is 3. The van der Waals surface area contributed by atoms with E-state index in [2.05, 4.69) is 5.32 Å². The minimum absolute atomic E-state index is 0.302. The Labute approximate surface area is 210 Å². The smallest absolute Gasteiger partial charge is 0.248 e. The van der Waals surface area contributed by atoms with Crippen molar-refractivity contribution in [3.63, 3.8) is 0 Å². The van der Waals surface area contributed by atoms with E-state index in [9.17, 15) is 4.79 Å². The Balaban J connectivity index is 1.74. The fourth-order valence-corrected chi connectivity index (χ4v) is 3.51. The van der Waals surface area contributed by atoms with Crippen LogP contribution >= 0.6 is 0 Å². The standard InChI is InChI=1S/C28H30N2O6/c1-32-23-12-9-18(14-21(23)29)10-13-27(31)30-22-11-8-19(15-24(22)33-2)6-7-20-16-25(34-3)28(36-5)26(17-20)35-4/h6-17H,29H2,1-5H3,(H,30,31)/b7-6+,13-10+. The largest absolute Gasteiger partial charge is 0.495 e. The van der Waals surface area contributed by atoms with E-state index in [0.29, 0.717) is 40.1 Å². The zero-order valence-electron chi connectivity index (χ0n) is 21.0. The van der Waals surface area contributed by atoms with Gasteiger partial charge in [0.05, 0.1) is 46.9 Å². The minimum Gasteiger partial charge on any atom is -0.495 e. The van der Waals surface area contributed by atoms with Gasteiger partial charge in [0.25, 0.3) is 0 Å². The molecule has 1 amide bonds. The number of nitrogens with one attached hydrogen (secondary N) is 1. The summed E-state index contributed by atoms with van der Waals surface area (Å²) < 4.78 is 26.8. The van der Waals surface area contributed by atoms with Crippen LogP contribution in [0.4, 0.5) is 11.4 Å². The Kier molecular flexibility index (Phi) is 8.83. The van der Waals surface area contributed by atoms with Crippen molar-refractivity contribution in [3.05, 3.63) is 71.3 Å². The molecule has 0 saturated heterocycles. The highest BCUT2D eigenvalue weighted by Gasteiger charge is 2.12. The summed E-state index contributed by atoms with van der Waals surface area (Å²) in [7, 11) is 7.81. The first-order valence-electron chi connectivity index (χ1n) is 11.0. The van der Waals surface area contributed by atoms with Crippen molar-refractivity contribution >= 4 is 35.5 Å². The van der Waals surface area contributed by atoms with Gasteiger partial charge in [0.1, 0.15) is 11.5 Å². The van der Waals surface area contributed by atoms with Crippen molar-refractivity contribution < 1.29 is 28.5 Å². The van der Waals surface area contributed by atoms with Crippen molar-refractivity contribution in [3.8, 4) is 28.7 Å². The van der Waals surface area contributed by atoms with E-state index in [1.807, 2.05) is 42.5 Å². The molecule has 8 nitrogen and oxygen atoms in total. The van der Waals surface area contributed by atoms with Gasteiger partial charge in [-0.05, 0) is 59.2 Å². The molecular weight excluding hydrogens is 460 g/mol. The fraction of sp³-hybridized carbons (Fsp3) is 0.179. The Morgan fingerprint density at radius 1 is 0.667 bits per heavy atom. The number of anilines is 2. The SMILES string of the molecule is COc1ccc(/C=C/C(=O)Nc2ccc(/C=C/c3cc(OC)c(OC)c(OC)c3)cc2OC)cc1N. The number of hydrogen-bond donors (Lipinski definition) is 2. The molecule has 0 aromatic heterocycles. The molecule has 36 heavy (non-hydrogen) atoms. The second-order valence-electron chi connectivity index (χ2n) is 7.58. The quantitative estimate of drug-likeness (QED) is 0.231. The molecule has 0 fully saturated rings. The number of ether oxygens (including phenoxy) is 5. The van der Waals surface area contributed by atoms with Crippen molar-refractivity contribution in [1.82, 2.24) is 0 Å². The van der Waals surface area contributed by atoms with Crippen LogP contribution < -0.4 is 34.7 Å². The second kappa shape index (κ2) is 12.2. The number of carbonyl (C=O) groups is 1. The minimum atomic E-state index is -0.302. The van der Waals surface area contributed by atoms with Gasteiger partial charge in [-0.2, -0.15) is 0 Å². The van der Waals surface area contributed by atoms with E-state index in [0.717, 1.165) is 16.7 Å². The highest BCUT2D eigenvalue weighted by molar-refractivity contribution is 6.03. The molecule has 3 rings (SSSR count). The van der Waals surface area contributed by atoms with Gasteiger partial charge in [0.2, 0.25) is 11.7 Å². The van der Waals surface area contributed by atoms with Crippen LogP contribution in [0.1, 0.15) is 16.7 Å². The van der Waals surface area contributed by atoms with Crippen LogP contribution in [-0.4, -0.2) is 41.5 Å². The summed E-state index contributed by atoms with van der Waals surface area (Å²) in [5.74, 6) is 2.47. The number of rotatable bonds is 10. The van der Waals surface area contributed by atoms with Crippen LogP contribution in [-0.2, 0) is 4.79 Å². The van der Waals surface area contributed by atoms with Crippen LogP contribution in [0.25, 0.3) is 18.2 Å². The van der Waals surface area contributed by atoms with Crippen molar-refractivity contribution in [2.45, 2.75) is 0 Å². The lowest BCUT2D eigenvalue weighted by molar-refractivity contribution is -0.111.